The summed E-state index contributed by atoms with van der Waals surface area (Å²) >= 11 is 6.27. The zero-order valence-corrected chi connectivity index (χ0v) is 35.1. The van der Waals surface area contributed by atoms with Gasteiger partial charge in [0.25, 0.3) is 11.8 Å². The van der Waals surface area contributed by atoms with Crippen molar-refractivity contribution in [2.24, 2.45) is 16.7 Å². The van der Waals surface area contributed by atoms with Crippen molar-refractivity contribution in [3.63, 3.8) is 0 Å². The fourth-order valence-corrected chi connectivity index (χ4v) is 10.7. The molecule has 1 aliphatic carbocycles. The summed E-state index contributed by atoms with van der Waals surface area (Å²) in [6, 6.07) is 9.82. The standard InChI is InChI=1S/C45H52ClFN8O5/c1-44(2)42(45(3,4)43(44)60-30-8-9-34(48-5)32(46)22-30)51(6)40(58)28-7-11-37(49-24-28)54-15-13-27(14-16-54)25-52-17-19-53(20-18-52)36-21-29-26-55(41(59)31(29)23-33(36)47)35-10-12-38(56)50-39(35)57/h7-9,11,21-24,27,35,42-43H,10,12-20,25-26H2,1-4,6H3,(H,50,56,57)/i6D3. The maximum Gasteiger partial charge on any atom is 0.255 e. The first kappa shape index (κ1) is 37.7. The Bertz CT molecular complexity index is 2340. The van der Waals surface area contributed by atoms with Crippen LogP contribution in [0.25, 0.3) is 4.85 Å². The highest BCUT2D eigenvalue weighted by molar-refractivity contribution is 6.33. The summed E-state index contributed by atoms with van der Waals surface area (Å²) in [5.74, 6) is -0.703. The molecule has 4 aliphatic heterocycles. The molecule has 1 N–H and O–H groups in total. The number of nitrogens with one attached hydrogen (secondary N) is 1. The minimum absolute atomic E-state index is 0.157. The molecule has 316 valence electrons. The van der Waals surface area contributed by atoms with Crippen LogP contribution in [0.2, 0.25) is 5.02 Å². The van der Waals surface area contributed by atoms with Gasteiger partial charge in [-0.15, -0.1) is 0 Å². The summed E-state index contributed by atoms with van der Waals surface area (Å²) in [5, 5.41) is 2.56. The molecule has 1 atom stereocenters. The highest BCUT2D eigenvalue weighted by atomic mass is 35.5. The van der Waals surface area contributed by atoms with Crippen LogP contribution < -0.4 is 19.9 Å². The van der Waals surface area contributed by atoms with Crippen LogP contribution in [-0.4, -0.2) is 114 Å². The third kappa shape index (κ3) is 7.55. The number of benzene rings is 2. The van der Waals surface area contributed by atoms with Gasteiger partial charge in [-0.3, -0.25) is 29.4 Å². The van der Waals surface area contributed by atoms with Crippen LogP contribution in [0.1, 0.15) is 83.8 Å². The third-order valence-corrected chi connectivity index (χ3v) is 13.6. The monoisotopic (exact) mass is 841 g/mol. The largest absolute Gasteiger partial charge is 0.489 e. The number of piperazine rings is 1. The number of hydrogen-bond donors (Lipinski definition) is 1. The van der Waals surface area contributed by atoms with E-state index in [0.29, 0.717) is 41.7 Å². The number of carbonyl (C=O) groups is 4. The van der Waals surface area contributed by atoms with Gasteiger partial charge in [-0.05, 0) is 67.1 Å². The van der Waals surface area contributed by atoms with E-state index in [2.05, 4.69) is 24.9 Å². The number of piperidine rings is 2. The van der Waals surface area contributed by atoms with Gasteiger partial charge in [0.1, 0.15) is 29.5 Å². The van der Waals surface area contributed by atoms with Crippen LogP contribution in [0, 0.1) is 29.1 Å². The molecule has 2 aromatic carbocycles. The SMILES string of the molecule is [2H]C([2H])([2H])N(C(=O)c1ccc(N2CCC(CN3CCN(c4cc5c(cc4F)C(=O)N(C4CCC(=O)NC4=O)C5)CC3)CC2)nc1)C1C(C)(C)C(Oc2ccc([N+]#[C-])c(Cl)c2)C1(C)C. The molecule has 4 amide bonds. The van der Waals surface area contributed by atoms with Crippen LogP contribution in [0.5, 0.6) is 5.75 Å². The van der Waals surface area contributed by atoms with Crippen molar-refractivity contribution in [2.75, 3.05) is 62.6 Å². The number of hydrogen-bond acceptors (Lipinski definition) is 9. The molecule has 5 heterocycles. The molecule has 13 nitrogen and oxygen atoms in total. The average molecular weight is 842 g/mol. The fourth-order valence-electron chi connectivity index (χ4n) is 10.5. The molecule has 3 aromatic rings. The van der Waals surface area contributed by atoms with Gasteiger partial charge in [-0.25, -0.2) is 14.2 Å². The Balaban J connectivity index is 0.835. The maximum atomic E-state index is 15.5. The van der Waals surface area contributed by atoms with E-state index < -0.39 is 59.5 Å². The van der Waals surface area contributed by atoms with Crippen molar-refractivity contribution >= 4 is 52.4 Å². The number of rotatable bonds is 9. The number of pyridine rings is 1. The Hall–Kier alpha value is -5.26. The summed E-state index contributed by atoms with van der Waals surface area (Å²) in [6.07, 6.45) is 3.29. The molecule has 3 saturated heterocycles. The predicted molar refractivity (Wildman–Crippen MR) is 226 cm³/mol. The zero-order valence-electron chi connectivity index (χ0n) is 37.3. The third-order valence-electron chi connectivity index (χ3n) is 13.3. The Morgan fingerprint density at radius 2 is 1.75 bits per heavy atom. The smallest absolute Gasteiger partial charge is 0.255 e. The summed E-state index contributed by atoms with van der Waals surface area (Å²) in [7, 11) is 0. The molecule has 4 fully saturated rings. The van der Waals surface area contributed by atoms with Gasteiger partial charge in [0, 0.05) is 98.5 Å². The van der Waals surface area contributed by atoms with Crippen molar-refractivity contribution in [2.45, 2.75) is 78.1 Å². The normalized spacial score (nSPS) is 25.0. The first-order valence-electron chi connectivity index (χ1n) is 22.1. The maximum absolute atomic E-state index is 15.5. The Morgan fingerprint density at radius 1 is 1.02 bits per heavy atom. The van der Waals surface area contributed by atoms with E-state index in [0.717, 1.165) is 56.3 Å². The lowest BCUT2D eigenvalue weighted by Gasteiger charge is -2.65. The lowest BCUT2D eigenvalue weighted by Crippen LogP contribution is -2.74. The zero-order chi connectivity index (χ0) is 45.2. The van der Waals surface area contributed by atoms with Crippen LogP contribution in [0.4, 0.5) is 21.6 Å². The van der Waals surface area contributed by atoms with Crippen LogP contribution in [0.3, 0.4) is 0 Å². The van der Waals surface area contributed by atoms with E-state index in [9.17, 15) is 19.2 Å². The second-order valence-corrected chi connectivity index (χ2v) is 18.3. The summed E-state index contributed by atoms with van der Waals surface area (Å²) < 4.78 is 47.3. The molecule has 1 aromatic heterocycles. The molecule has 15 heteroatoms. The minimum atomic E-state index is -2.74. The van der Waals surface area contributed by atoms with Crippen LogP contribution in [-0.2, 0) is 16.1 Å². The first-order valence-corrected chi connectivity index (χ1v) is 21.0. The summed E-state index contributed by atoms with van der Waals surface area (Å²) in [4.78, 5) is 68.5. The lowest BCUT2D eigenvalue weighted by molar-refractivity contribution is -0.195. The number of imide groups is 1. The second kappa shape index (κ2) is 16.0. The Morgan fingerprint density at radius 3 is 2.38 bits per heavy atom. The van der Waals surface area contributed by atoms with Gasteiger partial charge in [-0.2, -0.15) is 0 Å². The lowest BCUT2D eigenvalue weighted by atomic mass is 9.49. The number of ether oxygens (including phenoxy) is 1. The highest BCUT2D eigenvalue weighted by Crippen LogP contribution is 2.58. The average Bonchev–Trinajstić information content (AvgIpc) is 3.55. The molecule has 60 heavy (non-hydrogen) atoms. The van der Waals surface area contributed by atoms with Gasteiger partial charge < -0.3 is 24.3 Å². The van der Waals surface area contributed by atoms with Gasteiger partial charge in [-0.1, -0.05) is 45.4 Å². The summed E-state index contributed by atoms with van der Waals surface area (Å²) in [5.41, 5.74) is 0.351. The van der Waals surface area contributed by atoms with E-state index in [4.69, 9.17) is 27.0 Å². The van der Waals surface area contributed by atoms with Gasteiger partial charge in [0.15, 0.2) is 0 Å². The van der Waals surface area contributed by atoms with Crippen molar-refractivity contribution in [1.82, 2.24) is 25.0 Å². The van der Waals surface area contributed by atoms with Crippen molar-refractivity contribution in [1.29, 1.82) is 0 Å². The molecule has 5 aliphatic rings. The highest BCUT2D eigenvalue weighted by Gasteiger charge is 2.65. The Kier molecular flexibility index (Phi) is 10.0. The number of amides is 4. The topological polar surface area (TPSA) is 123 Å². The predicted octanol–water partition coefficient (Wildman–Crippen LogP) is 6.18. The van der Waals surface area contributed by atoms with Gasteiger partial charge >= 0.3 is 0 Å². The Labute approximate surface area is 359 Å². The molecule has 0 radical (unpaired) electrons. The number of halogens is 2. The molecular weight excluding hydrogens is 787 g/mol. The number of aromatic nitrogens is 1. The number of nitrogens with zero attached hydrogens (tertiary/aromatic N) is 7. The molecule has 8 rings (SSSR count). The van der Waals surface area contributed by atoms with Crippen molar-refractivity contribution in [3.05, 3.63) is 87.6 Å². The van der Waals surface area contributed by atoms with Crippen LogP contribution >= 0.6 is 11.6 Å². The van der Waals surface area contributed by atoms with E-state index >= 15 is 4.39 Å². The van der Waals surface area contributed by atoms with Crippen molar-refractivity contribution in [3.8, 4) is 5.75 Å². The van der Waals surface area contributed by atoms with Gasteiger partial charge in [0.05, 0.1) is 22.8 Å². The second-order valence-electron chi connectivity index (χ2n) is 17.9. The van der Waals surface area contributed by atoms with E-state index in [1.54, 1.807) is 36.4 Å². The van der Waals surface area contributed by atoms with Crippen molar-refractivity contribution < 1.29 is 32.4 Å². The first-order chi connectivity index (χ1) is 29.8. The number of carbonyl (C=O) groups excluding carboxylic acids is 4. The molecule has 1 saturated carbocycles. The van der Waals surface area contributed by atoms with E-state index in [1.807, 2.05) is 32.6 Å². The summed E-state index contributed by atoms with van der Waals surface area (Å²) in [6.45, 7) is 17.6. The van der Waals surface area contributed by atoms with Crippen LogP contribution in [0.15, 0.2) is 48.7 Å². The minimum Gasteiger partial charge on any atom is -0.489 e. The van der Waals surface area contributed by atoms with E-state index in [-0.39, 0.29) is 41.4 Å². The molecule has 0 bridgehead atoms. The number of fused-ring (bicyclic) bond motifs is 1. The van der Waals surface area contributed by atoms with Gasteiger partial charge in [0.2, 0.25) is 17.5 Å². The molecule has 1 unspecified atom stereocenters. The van der Waals surface area contributed by atoms with E-state index in [1.165, 1.54) is 17.2 Å². The molecular formula is C45H52ClFN8O5. The fraction of sp³-hybridized carbons (Fsp3) is 0.511. The quantitative estimate of drug-likeness (QED) is 0.199. The number of anilines is 2. The molecule has 0 spiro atoms.